The Labute approximate surface area is 201 Å². The van der Waals surface area contributed by atoms with Crippen molar-refractivity contribution in [3.63, 3.8) is 0 Å². The molecule has 2 amide bonds. The number of nitrogens with zero attached hydrogens (tertiary/aromatic N) is 1. The monoisotopic (exact) mass is 480 g/mol. The molecular formula is C25H40N2O5S. The Morgan fingerprint density at radius 2 is 1.94 bits per heavy atom. The minimum Gasteiger partial charge on any atom is -0.466 e. The Bertz CT molecular complexity index is 787. The number of esters is 1. The Morgan fingerprint density at radius 1 is 1.24 bits per heavy atom. The molecule has 2 bridgehead atoms. The van der Waals surface area contributed by atoms with Crippen LogP contribution in [0.4, 0.5) is 0 Å². The van der Waals surface area contributed by atoms with E-state index in [9.17, 15) is 19.5 Å². The highest BCUT2D eigenvalue weighted by molar-refractivity contribution is 8.02. The number of carbonyl (C=O) groups is 3. The smallest absolute Gasteiger partial charge is 0.311 e. The van der Waals surface area contributed by atoms with Crippen LogP contribution < -0.4 is 5.32 Å². The van der Waals surface area contributed by atoms with Gasteiger partial charge in [-0.25, -0.2) is 0 Å². The first-order valence-corrected chi connectivity index (χ1v) is 13.7. The van der Waals surface area contributed by atoms with Crippen molar-refractivity contribution in [3.8, 4) is 0 Å². The maximum absolute atomic E-state index is 14.1. The number of ether oxygens (including phenoxy) is 1. The number of hydrogen-bond acceptors (Lipinski definition) is 6. The van der Waals surface area contributed by atoms with Gasteiger partial charge in [-0.05, 0) is 45.4 Å². The molecule has 4 fully saturated rings. The Balaban J connectivity index is 1.74. The van der Waals surface area contributed by atoms with Crippen LogP contribution in [0, 0.1) is 17.8 Å². The molecule has 33 heavy (non-hydrogen) atoms. The number of aliphatic hydroxyl groups excluding tert-OH is 1. The van der Waals surface area contributed by atoms with Gasteiger partial charge in [0.05, 0.1) is 35.8 Å². The van der Waals surface area contributed by atoms with E-state index in [0.717, 1.165) is 44.9 Å². The molecule has 1 aliphatic carbocycles. The van der Waals surface area contributed by atoms with E-state index in [1.807, 2.05) is 13.8 Å². The first-order chi connectivity index (χ1) is 15.7. The van der Waals surface area contributed by atoms with Gasteiger partial charge in [0.25, 0.3) is 0 Å². The second-order valence-electron chi connectivity index (χ2n) is 10.7. The molecule has 0 aromatic rings. The summed E-state index contributed by atoms with van der Waals surface area (Å²) in [6.45, 7) is 7.97. The molecule has 1 spiro atoms. The number of amides is 2. The van der Waals surface area contributed by atoms with Crippen molar-refractivity contribution in [2.75, 3.05) is 13.2 Å². The number of rotatable bonds is 8. The van der Waals surface area contributed by atoms with E-state index in [1.165, 1.54) is 6.42 Å². The lowest BCUT2D eigenvalue weighted by atomic mass is 9.66. The highest BCUT2D eigenvalue weighted by Crippen LogP contribution is 2.71. The van der Waals surface area contributed by atoms with Crippen molar-refractivity contribution in [2.24, 2.45) is 17.8 Å². The predicted octanol–water partition coefficient (Wildman–Crippen LogP) is 2.89. The van der Waals surface area contributed by atoms with Gasteiger partial charge in [-0.3, -0.25) is 14.4 Å². The number of fused-ring (bicyclic) bond motifs is 1. The number of thioether (sulfide) groups is 1. The maximum Gasteiger partial charge on any atom is 0.311 e. The minimum absolute atomic E-state index is 0.0398. The molecule has 8 heteroatoms. The average Bonchev–Trinajstić information content (AvgIpc) is 3.36. The molecule has 3 heterocycles. The summed E-state index contributed by atoms with van der Waals surface area (Å²) in [6.07, 6.45) is 7.63. The third-order valence-corrected chi connectivity index (χ3v) is 10.8. The van der Waals surface area contributed by atoms with Crippen LogP contribution in [-0.2, 0) is 19.1 Å². The Kier molecular flexibility index (Phi) is 7.08. The van der Waals surface area contributed by atoms with Crippen molar-refractivity contribution in [2.45, 2.75) is 107 Å². The number of aliphatic hydroxyl groups is 1. The quantitative estimate of drug-likeness (QED) is 0.519. The van der Waals surface area contributed by atoms with Crippen molar-refractivity contribution in [1.82, 2.24) is 10.2 Å². The summed E-state index contributed by atoms with van der Waals surface area (Å²) < 4.78 is 4.37. The van der Waals surface area contributed by atoms with Crippen LogP contribution in [0.1, 0.15) is 79.1 Å². The largest absolute Gasteiger partial charge is 0.466 e. The van der Waals surface area contributed by atoms with Gasteiger partial charge in [-0.1, -0.05) is 39.5 Å². The van der Waals surface area contributed by atoms with Gasteiger partial charge in [0.1, 0.15) is 6.04 Å². The lowest BCUT2D eigenvalue weighted by Crippen LogP contribution is -2.59. The summed E-state index contributed by atoms with van der Waals surface area (Å²) >= 11 is 1.66. The SMILES string of the molecule is CCOC(=O)[C@@H]1[C@H]2C(=O)N([C@@H](CO)[C@@H](C)CC)C(C(=O)NC3CCCCC3)C23CC[C@@]1(C)S3. The molecule has 1 saturated carbocycles. The van der Waals surface area contributed by atoms with Gasteiger partial charge in [0, 0.05) is 10.8 Å². The van der Waals surface area contributed by atoms with Crippen molar-refractivity contribution in [1.29, 1.82) is 0 Å². The van der Waals surface area contributed by atoms with Gasteiger partial charge in [0.2, 0.25) is 11.8 Å². The lowest BCUT2D eigenvalue weighted by Gasteiger charge is -2.40. The first-order valence-electron chi connectivity index (χ1n) is 12.8. The maximum atomic E-state index is 14.1. The van der Waals surface area contributed by atoms with Crippen molar-refractivity contribution < 1.29 is 24.2 Å². The Morgan fingerprint density at radius 3 is 2.55 bits per heavy atom. The van der Waals surface area contributed by atoms with Gasteiger partial charge < -0.3 is 20.1 Å². The molecule has 186 valence electrons. The first kappa shape index (κ1) is 24.8. The van der Waals surface area contributed by atoms with E-state index in [4.69, 9.17) is 4.74 Å². The van der Waals surface area contributed by atoms with E-state index in [2.05, 4.69) is 12.2 Å². The van der Waals surface area contributed by atoms with E-state index in [-0.39, 0.29) is 43.0 Å². The molecular weight excluding hydrogens is 440 g/mol. The van der Waals surface area contributed by atoms with E-state index < -0.39 is 33.4 Å². The zero-order valence-corrected chi connectivity index (χ0v) is 21.3. The van der Waals surface area contributed by atoms with E-state index in [0.29, 0.717) is 0 Å². The zero-order valence-electron chi connectivity index (χ0n) is 20.5. The second-order valence-corrected chi connectivity index (χ2v) is 12.6. The van der Waals surface area contributed by atoms with Gasteiger partial charge in [0.15, 0.2) is 0 Å². The van der Waals surface area contributed by atoms with Crippen molar-refractivity contribution >= 4 is 29.5 Å². The molecule has 0 radical (unpaired) electrons. The van der Waals surface area contributed by atoms with E-state index in [1.54, 1.807) is 23.6 Å². The molecule has 4 rings (SSSR count). The molecule has 0 aromatic carbocycles. The fraction of sp³-hybridized carbons (Fsp3) is 0.880. The third-order valence-electron chi connectivity index (χ3n) is 8.80. The fourth-order valence-electron chi connectivity index (χ4n) is 6.95. The van der Waals surface area contributed by atoms with Crippen LogP contribution in [0.25, 0.3) is 0 Å². The van der Waals surface area contributed by atoms with E-state index >= 15 is 0 Å². The highest BCUT2D eigenvalue weighted by Gasteiger charge is 2.78. The summed E-state index contributed by atoms with van der Waals surface area (Å²) in [5.41, 5.74) is 0. The van der Waals surface area contributed by atoms with Gasteiger partial charge in [-0.2, -0.15) is 0 Å². The summed E-state index contributed by atoms with van der Waals surface area (Å²) in [5, 5.41) is 13.6. The second kappa shape index (κ2) is 9.40. The van der Waals surface area contributed by atoms with Crippen molar-refractivity contribution in [3.05, 3.63) is 0 Å². The molecule has 0 aromatic heterocycles. The summed E-state index contributed by atoms with van der Waals surface area (Å²) in [7, 11) is 0. The van der Waals surface area contributed by atoms with Gasteiger partial charge in [-0.15, -0.1) is 11.8 Å². The summed E-state index contributed by atoms with van der Waals surface area (Å²) in [5.74, 6) is -1.70. The number of likely N-dealkylation sites (tertiary alicyclic amines) is 1. The standard InChI is InChI=1S/C25H40N2O5S/c1-5-15(3)17(14-28)27-20(21(29)26-16-10-8-7-9-11-16)25-13-12-24(4,33-25)19(18(25)22(27)30)23(31)32-6-2/h15-20,28H,5-14H2,1-4H3,(H,26,29)/t15-,17-,18-,19-,20?,24+,25?/m0/s1. The fourth-order valence-corrected chi connectivity index (χ4v) is 9.28. The molecule has 3 aliphatic heterocycles. The average molecular weight is 481 g/mol. The number of hydrogen-bond donors (Lipinski definition) is 2. The molecule has 7 atom stereocenters. The number of carbonyl (C=O) groups excluding carboxylic acids is 3. The molecule has 2 N–H and O–H groups in total. The molecule has 3 saturated heterocycles. The highest BCUT2D eigenvalue weighted by atomic mass is 32.2. The van der Waals surface area contributed by atoms with Crippen LogP contribution in [0.2, 0.25) is 0 Å². The Hall–Kier alpha value is -1.28. The minimum atomic E-state index is -0.672. The van der Waals surface area contributed by atoms with Crippen LogP contribution in [0.15, 0.2) is 0 Å². The van der Waals surface area contributed by atoms with Crippen LogP contribution >= 0.6 is 11.8 Å². The molecule has 4 aliphatic rings. The predicted molar refractivity (Wildman–Crippen MR) is 128 cm³/mol. The topological polar surface area (TPSA) is 95.9 Å². The van der Waals surface area contributed by atoms with Crippen LogP contribution in [-0.4, -0.2) is 68.6 Å². The third kappa shape index (κ3) is 3.89. The van der Waals surface area contributed by atoms with Crippen LogP contribution in [0.3, 0.4) is 0 Å². The zero-order chi connectivity index (χ0) is 24.0. The van der Waals surface area contributed by atoms with Gasteiger partial charge >= 0.3 is 5.97 Å². The normalized spacial score (nSPS) is 37.7. The number of nitrogens with one attached hydrogen (secondary N) is 1. The molecule has 2 unspecified atom stereocenters. The lowest BCUT2D eigenvalue weighted by molar-refractivity contribution is -0.155. The summed E-state index contributed by atoms with van der Waals surface area (Å²) in [4.78, 5) is 42.8. The molecule has 7 nitrogen and oxygen atoms in total. The van der Waals surface area contributed by atoms with Crippen LogP contribution in [0.5, 0.6) is 0 Å². The summed E-state index contributed by atoms with van der Waals surface area (Å²) in [6, 6.07) is -0.982.